The zero-order chi connectivity index (χ0) is 14.5. The number of nitrogens with zero attached hydrogens (tertiary/aromatic N) is 3. The van der Waals surface area contributed by atoms with Crippen LogP contribution in [-0.2, 0) is 9.47 Å². The van der Waals surface area contributed by atoms with Gasteiger partial charge in [0, 0.05) is 25.6 Å². The fourth-order valence-electron chi connectivity index (χ4n) is 2.91. The zero-order valence-corrected chi connectivity index (χ0v) is 12.2. The van der Waals surface area contributed by atoms with Gasteiger partial charge in [-0.2, -0.15) is 5.26 Å². The van der Waals surface area contributed by atoms with E-state index in [1.807, 2.05) is 12.1 Å². The van der Waals surface area contributed by atoms with Crippen molar-refractivity contribution >= 4 is 5.69 Å². The highest BCUT2D eigenvalue weighted by Gasteiger charge is 2.22. The lowest BCUT2D eigenvalue weighted by Crippen LogP contribution is -2.37. The number of rotatable bonds is 4. The van der Waals surface area contributed by atoms with E-state index >= 15 is 0 Å². The maximum absolute atomic E-state index is 8.77. The summed E-state index contributed by atoms with van der Waals surface area (Å²) in [5.74, 6) is 0.589. The number of anilines is 1. The second kappa shape index (κ2) is 6.88. The summed E-state index contributed by atoms with van der Waals surface area (Å²) in [5.41, 5.74) is 1.56. The first-order chi connectivity index (χ1) is 10.3. The lowest BCUT2D eigenvalue weighted by atomic mass is 10.1. The molecular formula is C16H21N3O2. The quantitative estimate of drug-likeness (QED) is 0.847. The van der Waals surface area contributed by atoms with Crippen molar-refractivity contribution in [1.29, 1.82) is 5.26 Å². The Morgan fingerprint density at radius 1 is 1.33 bits per heavy atom. The highest BCUT2D eigenvalue weighted by atomic mass is 16.5. The third-order valence-electron chi connectivity index (χ3n) is 4.26. The van der Waals surface area contributed by atoms with E-state index in [2.05, 4.69) is 9.88 Å². The van der Waals surface area contributed by atoms with Crippen LogP contribution in [0.2, 0.25) is 0 Å². The van der Waals surface area contributed by atoms with Crippen LogP contribution >= 0.6 is 0 Å². The van der Waals surface area contributed by atoms with Gasteiger partial charge in [0.25, 0.3) is 0 Å². The maximum Gasteiger partial charge on any atom is 0.140 e. The van der Waals surface area contributed by atoms with Gasteiger partial charge in [-0.25, -0.2) is 4.98 Å². The van der Waals surface area contributed by atoms with Gasteiger partial charge in [0.05, 0.1) is 31.2 Å². The van der Waals surface area contributed by atoms with E-state index in [0.29, 0.717) is 17.7 Å². The van der Waals surface area contributed by atoms with E-state index in [1.165, 1.54) is 0 Å². The third-order valence-corrected chi connectivity index (χ3v) is 4.26. The minimum atomic E-state index is 0.369. The van der Waals surface area contributed by atoms with E-state index in [0.717, 1.165) is 57.9 Å². The molecule has 3 rings (SSSR count). The Morgan fingerprint density at radius 2 is 2.19 bits per heavy atom. The van der Waals surface area contributed by atoms with Crippen molar-refractivity contribution in [2.75, 3.05) is 37.8 Å². The lowest BCUT2D eigenvalue weighted by molar-refractivity contribution is 0.0131. The Balaban J connectivity index is 1.44. The SMILES string of the molecule is N#Cc1ccc(N2CCC(OCC3CCOC3)CC2)cn1. The number of hydrogen-bond acceptors (Lipinski definition) is 5. The molecule has 0 radical (unpaired) electrons. The summed E-state index contributed by atoms with van der Waals surface area (Å²) in [6.45, 7) is 4.55. The predicted molar refractivity (Wildman–Crippen MR) is 79.1 cm³/mol. The standard InChI is InChI=1S/C16H21N3O2/c17-9-14-1-2-15(10-18-14)19-6-3-16(4-7-19)21-12-13-5-8-20-11-13/h1-2,10,13,16H,3-8,11-12H2. The molecule has 3 heterocycles. The summed E-state index contributed by atoms with van der Waals surface area (Å²) in [5, 5.41) is 8.77. The molecule has 5 nitrogen and oxygen atoms in total. The molecule has 2 fully saturated rings. The first-order valence-electron chi connectivity index (χ1n) is 7.65. The molecular weight excluding hydrogens is 266 g/mol. The topological polar surface area (TPSA) is 58.4 Å². The van der Waals surface area contributed by atoms with Gasteiger partial charge < -0.3 is 14.4 Å². The third kappa shape index (κ3) is 3.72. The van der Waals surface area contributed by atoms with Gasteiger partial charge in [0.15, 0.2) is 0 Å². The van der Waals surface area contributed by atoms with Crippen LogP contribution in [0, 0.1) is 17.2 Å². The van der Waals surface area contributed by atoms with Crippen LogP contribution in [0.15, 0.2) is 18.3 Å². The molecule has 0 bridgehead atoms. The Labute approximate surface area is 125 Å². The van der Waals surface area contributed by atoms with E-state index < -0.39 is 0 Å². The van der Waals surface area contributed by atoms with Crippen LogP contribution in [0.3, 0.4) is 0 Å². The number of nitriles is 1. The minimum absolute atomic E-state index is 0.369. The van der Waals surface area contributed by atoms with Gasteiger partial charge >= 0.3 is 0 Å². The first kappa shape index (κ1) is 14.3. The molecule has 2 aliphatic rings. The van der Waals surface area contributed by atoms with Gasteiger partial charge in [0.1, 0.15) is 11.8 Å². The predicted octanol–water partition coefficient (Wildman–Crippen LogP) is 1.98. The number of pyridine rings is 1. The van der Waals surface area contributed by atoms with Gasteiger partial charge in [-0.3, -0.25) is 0 Å². The van der Waals surface area contributed by atoms with Crippen LogP contribution in [0.5, 0.6) is 0 Å². The van der Waals surface area contributed by atoms with Crippen molar-refractivity contribution in [2.45, 2.75) is 25.4 Å². The molecule has 0 saturated carbocycles. The Bertz CT molecular complexity index is 483. The van der Waals surface area contributed by atoms with Crippen LogP contribution in [-0.4, -0.2) is 44.0 Å². The molecule has 0 aromatic carbocycles. The molecule has 21 heavy (non-hydrogen) atoms. The van der Waals surface area contributed by atoms with Crippen molar-refractivity contribution in [3.05, 3.63) is 24.0 Å². The molecule has 0 N–H and O–H groups in total. The van der Waals surface area contributed by atoms with Gasteiger partial charge in [-0.05, 0) is 31.4 Å². The second-order valence-electron chi connectivity index (χ2n) is 5.76. The number of aromatic nitrogens is 1. The van der Waals surface area contributed by atoms with E-state index in [4.69, 9.17) is 14.7 Å². The lowest BCUT2D eigenvalue weighted by Gasteiger charge is -2.33. The van der Waals surface area contributed by atoms with E-state index in [9.17, 15) is 0 Å². The average molecular weight is 287 g/mol. The summed E-state index contributed by atoms with van der Waals surface area (Å²) in [6.07, 6.45) is 5.39. The molecule has 2 aliphatic heterocycles. The molecule has 1 atom stereocenters. The molecule has 1 aromatic heterocycles. The summed E-state index contributed by atoms with van der Waals surface area (Å²) >= 11 is 0. The molecule has 5 heteroatoms. The van der Waals surface area contributed by atoms with Gasteiger partial charge in [-0.1, -0.05) is 0 Å². The fourth-order valence-corrected chi connectivity index (χ4v) is 2.91. The van der Waals surface area contributed by atoms with Crippen LogP contribution in [0.25, 0.3) is 0 Å². The zero-order valence-electron chi connectivity index (χ0n) is 12.2. The van der Waals surface area contributed by atoms with E-state index in [1.54, 1.807) is 12.3 Å². The number of piperidine rings is 1. The largest absolute Gasteiger partial charge is 0.381 e. The molecule has 0 spiro atoms. The van der Waals surface area contributed by atoms with Crippen LogP contribution in [0.1, 0.15) is 25.0 Å². The average Bonchev–Trinajstić information content (AvgIpc) is 3.07. The molecule has 0 aliphatic carbocycles. The van der Waals surface area contributed by atoms with Crippen LogP contribution < -0.4 is 4.90 Å². The summed E-state index contributed by atoms with van der Waals surface area (Å²) in [4.78, 5) is 6.44. The van der Waals surface area contributed by atoms with Gasteiger partial charge in [-0.15, -0.1) is 0 Å². The van der Waals surface area contributed by atoms with Crippen LogP contribution in [0.4, 0.5) is 5.69 Å². The molecule has 0 amide bonds. The smallest absolute Gasteiger partial charge is 0.140 e. The minimum Gasteiger partial charge on any atom is -0.381 e. The molecule has 2 saturated heterocycles. The highest BCUT2D eigenvalue weighted by Crippen LogP contribution is 2.22. The van der Waals surface area contributed by atoms with Crippen molar-refractivity contribution in [2.24, 2.45) is 5.92 Å². The summed E-state index contributed by atoms with van der Waals surface area (Å²) in [6, 6.07) is 5.80. The Hall–Kier alpha value is -1.64. The normalized spacial score (nSPS) is 23.2. The molecule has 1 unspecified atom stereocenters. The first-order valence-corrected chi connectivity index (χ1v) is 7.65. The second-order valence-corrected chi connectivity index (χ2v) is 5.76. The van der Waals surface area contributed by atoms with Gasteiger partial charge in [0.2, 0.25) is 0 Å². The monoisotopic (exact) mass is 287 g/mol. The molecule has 1 aromatic rings. The molecule has 112 valence electrons. The Kier molecular flexibility index (Phi) is 4.69. The van der Waals surface area contributed by atoms with Crippen molar-refractivity contribution in [1.82, 2.24) is 4.98 Å². The summed E-state index contributed by atoms with van der Waals surface area (Å²) in [7, 11) is 0. The summed E-state index contributed by atoms with van der Waals surface area (Å²) < 4.78 is 11.4. The maximum atomic E-state index is 8.77. The Morgan fingerprint density at radius 3 is 2.81 bits per heavy atom. The van der Waals surface area contributed by atoms with Crippen molar-refractivity contribution < 1.29 is 9.47 Å². The number of hydrogen-bond donors (Lipinski definition) is 0. The highest BCUT2D eigenvalue weighted by molar-refractivity contribution is 5.46. The van der Waals surface area contributed by atoms with Crippen molar-refractivity contribution in [3.8, 4) is 6.07 Å². The number of ether oxygens (including phenoxy) is 2. The fraction of sp³-hybridized carbons (Fsp3) is 0.625. The van der Waals surface area contributed by atoms with E-state index in [-0.39, 0.29) is 0 Å². The van der Waals surface area contributed by atoms with Crippen molar-refractivity contribution in [3.63, 3.8) is 0 Å².